The van der Waals surface area contributed by atoms with Crippen molar-refractivity contribution in [2.24, 2.45) is 35.5 Å². The normalized spacial score (nSPS) is 19.9. The minimum Gasteiger partial charge on any atom is -0.493 e. The monoisotopic (exact) mass is 861 g/mol. The van der Waals surface area contributed by atoms with Gasteiger partial charge in [0.15, 0.2) is 0 Å². The second-order valence-corrected chi connectivity index (χ2v) is 17.6. The van der Waals surface area contributed by atoms with E-state index in [0.29, 0.717) is 75.6 Å². The lowest BCUT2D eigenvalue weighted by atomic mass is 9.86. The number of carboxylic acid groups (broad SMARTS) is 3. The second-order valence-electron chi connectivity index (χ2n) is 17.6. The molecule has 4 aromatic rings. The van der Waals surface area contributed by atoms with Crippen molar-refractivity contribution in [1.82, 2.24) is 16.0 Å². The van der Waals surface area contributed by atoms with Gasteiger partial charge in [0, 0.05) is 37.5 Å². The molecule has 0 aromatic heterocycles. The molecule has 3 aliphatic rings. The van der Waals surface area contributed by atoms with Crippen molar-refractivity contribution in [1.29, 1.82) is 0 Å². The fourth-order valence-corrected chi connectivity index (χ4v) is 9.58. The van der Waals surface area contributed by atoms with Gasteiger partial charge < -0.3 is 45.5 Å². The predicted octanol–water partition coefficient (Wildman–Crippen LogP) is 6.11. The predicted molar refractivity (Wildman–Crippen MR) is 241 cm³/mol. The zero-order chi connectivity index (χ0) is 44.0. The van der Waals surface area contributed by atoms with Crippen molar-refractivity contribution in [2.75, 3.05) is 59.1 Å². The number of hydrogen-bond donors (Lipinski definition) is 6. The number of aliphatic carboxylic acids is 3. The van der Waals surface area contributed by atoms with Crippen LogP contribution < -0.4 is 30.2 Å². The molecule has 336 valence electrons. The number of ether oxygens (including phenoxy) is 3. The maximum absolute atomic E-state index is 12.1. The molecule has 63 heavy (non-hydrogen) atoms. The zero-order valence-corrected chi connectivity index (χ0v) is 36.1. The summed E-state index contributed by atoms with van der Waals surface area (Å²) >= 11 is 0. The second kappa shape index (κ2) is 22.8. The Kier molecular flexibility index (Phi) is 16.5. The average molecular weight is 862 g/mol. The van der Waals surface area contributed by atoms with Crippen molar-refractivity contribution < 1.29 is 43.9 Å². The Morgan fingerprint density at radius 3 is 1.00 bits per heavy atom. The molecular weight excluding hydrogens is 799 g/mol. The van der Waals surface area contributed by atoms with Crippen LogP contribution in [0.5, 0.6) is 17.2 Å². The van der Waals surface area contributed by atoms with Gasteiger partial charge in [0.1, 0.15) is 17.2 Å². The van der Waals surface area contributed by atoms with E-state index in [2.05, 4.69) is 34.1 Å². The summed E-state index contributed by atoms with van der Waals surface area (Å²) in [5.41, 5.74) is 6.23. The van der Waals surface area contributed by atoms with Crippen LogP contribution in [-0.4, -0.2) is 92.3 Å². The van der Waals surface area contributed by atoms with Crippen LogP contribution in [0.4, 0.5) is 0 Å². The van der Waals surface area contributed by atoms with E-state index >= 15 is 0 Å². The van der Waals surface area contributed by atoms with Gasteiger partial charge in [0.05, 0.1) is 37.6 Å². The highest BCUT2D eigenvalue weighted by atomic mass is 16.5. The van der Waals surface area contributed by atoms with Crippen molar-refractivity contribution >= 4 is 17.9 Å². The number of benzene rings is 4. The molecule has 3 fully saturated rings. The van der Waals surface area contributed by atoms with Crippen LogP contribution in [0.2, 0.25) is 0 Å². The van der Waals surface area contributed by atoms with E-state index in [1.807, 2.05) is 72.8 Å². The number of carboxylic acids is 3. The van der Waals surface area contributed by atoms with Crippen LogP contribution in [0.25, 0.3) is 0 Å². The van der Waals surface area contributed by atoms with Crippen molar-refractivity contribution in [3.63, 3.8) is 0 Å². The van der Waals surface area contributed by atoms with Gasteiger partial charge >= 0.3 is 17.9 Å². The van der Waals surface area contributed by atoms with Crippen LogP contribution in [0.1, 0.15) is 52.6 Å². The minimum absolute atomic E-state index is 0.127. The zero-order valence-electron chi connectivity index (χ0n) is 36.1. The molecule has 0 unspecified atom stereocenters. The van der Waals surface area contributed by atoms with E-state index in [0.717, 1.165) is 91.9 Å². The largest absolute Gasteiger partial charge is 0.493 e. The number of rotatable bonds is 24. The molecule has 0 radical (unpaired) electrons. The Hall–Kier alpha value is -5.43. The Morgan fingerprint density at radius 1 is 0.460 bits per heavy atom. The van der Waals surface area contributed by atoms with E-state index in [4.69, 9.17) is 14.2 Å². The molecule has 6 atom stereocenters. The summed E-state index contributed by atoms with van der Waals surface area (Å²) in [6, 6.07) is 29.9. The quantitative estimate of drug-likeness (QED) is 0.0478. The minimum atomic E-state index is -0.748. The summed E-state index contributed by atoms with van der Waals surface area (Å²) in [5.74, 6) is -1.33. The third kappa shape index (κ3) is 13.5. The van der Waals surface area contributed by atoms with Gasteiger partial charge in [-0.05, 0) is 129 Å². The molecule has 3 heterocycles. The van der Waals surface area contributed by atoms with Gasteiger partial charge in [0.2, 0.25) is 0 Å². The molecule has 3 saturated heterocycles. The van der Waals surface area contributed by atoms with Crippen LogP contribution in [0.15, 0.2) is 91.0 Å². The summed E-state index contributed by atoms with van der Waals surface area (Å²) in [4.78, 5) is 36.4. The van der Waals surface area contributed by atoms with Gasteiger partial charge in [-0.1, -0.05) is 72.8 Å². The Morgan fingerprint density at radius 2 is 0.746 bits per heavy atom. The van der Waals surface area contributed by atoms with E-state index in [1.54, 1.807) is 0 Å². The molecule has 0 aliphatic carbocycles. The molecule has 0 saturated carbocycles. The number of carbonyl (C=O) groups is 3. The topological polar surface area (TPSA) is 176 Å². The van der Waals surface area contributed by atoms with Crippen LogP contribution in [0.3, 0.4) is 0 Å². The van der Waals surface area contributed by atoms with E-state index < -0.39 is 35.7 Å². The van der Waals surface area contributed by atoms with Gasteiger partial charge in [-0.2, -0.15) is 0 Å². The highest BCUT2D eigenvalue weighted by Crippen LogP contribution is 2.30. The van der Waals surface area contributed by atoms with E-state index in [9.17, 15) is 29.7 Å². The SMILES string of the molecule is O=C(O)[C@@H](Cc1cccc(CCOc2cc(OCCc3cccc(C[C@H](C(=O)O)[C@H]4CCNC4)c3)cc(OCCc3cccc(C[C@H](C(=O)O)[C@H]4CCNC4)c3)c2)c1)[C@H]1CCNC1. The van der Waals surface area contributed by atoms with Crippen LogP contribution >= 0.6 is 0 Å². The first-order chi connectivity index (χ1) is 30.7. The third-order valence-corrected chi connectivity index (χ3v) is 13.1. The average Bonchev–Trinajstić information content (AvgIpc) is 4.10. The van der Waals surface area contributed by atoms with Crippen molar-refractivity contribution in [3.05, 3.63) is 124 Å². The Labute approximate surface area is 370 Å². The van der Waals surface area contributed by atoms with Gasteiger partial charge in [-0.3, -0.25) is 14.4 Å². The van der Waals surface area contributed by atoms with Crippen molar-refractivity contribution in [3.8, 4) is 17.2 Å². The van der Waals surface area contributed by atoms with Gasteiger partial charge in [-0.25, -0.2) is 0 Å². The summed E-state index contributed by atoms with van der Waals surface area (Å²) < 4.78 is 19.0. The molecular formula is C51H63N3O9. The lowest BCUT2D eigenvalue weighted by Gasteiger charge is -2.19. The summed E-state index contributed by atoms with van der Waals surface area (Å²) in [5, 5.41) is 39.8. The number of nitrogens with one attached hydrogen (secondary N) is 3. The van der Waals surface area contributed by atoms with Crippen LogP contribution in [-0.2, 0) is 52.9 Å². The summed E-state index contributed by atoms with van der Waals surface area (Å²) in [6.07, 6.45) is 5.99. The molecule has 0 bridgehead atoms. The Balaban J connectivity index is 0.987. The van der Waals surface area contributed by atoms with Gasteiger partial charge in [-0.15, -0.1) is 0 Å². The maximum Gasteiger partial charge on any atom is 0.307 e. The summed E-state index contributed by atoms with van der Waals surface area (Å²) in [7, 11) is 0. The van der Waals surface area contributed by atoms with Gasteiger partial charge in [0.25, 0.3) is 0 Å². The van der Waals surface area contributed by atoms with Crippen molar-refractivity contribution in [2.45, 2.75) is 57.8 Å². The molecule has 4 aromatic carbocycles. The first kappa shape index (κ1) is 45.6. The van der Waals surface area contributed by atoms with Crippen LogP contribution in [0, 0.1) is 35.5 Å². The first-order valence-corrected chi connectivity index (χ1v) is 22.7. The molecule has 3 aliphatic heterocycles. The van der Waals surface area contributed by atoms with E-state index in [-0.39, 0.29) is 17.8 Å². The Bertz CT molecular complexity index is 1880. The fraction of sp³-hybridized carbons (Fsp3) is 0.471. The number of hydrogen-bond acceptors (Lipinski definition) is 9. The standard InChI is InChI=1S/C51H63N3O9/c55-49(56)46(40-10-16-52-31-40)25-37-7-1-4-34(22-37)13-19-61-43-28-44(62-20-14-35-5-2-8-38(23-35)26-47(50(57)58)41-11-17-53-32-41)30-45(29-43)63-21-15-36-6-3-9-39(24-36)27-48(51(59)60)42-12-18-54-33-42/h1-9,22-24,28-30,40-42,46-48,52-54H,10-21,25-27,31-33H2,(H,55,56)(H,57,58)(H,59,60)/t40-,41-,42-,46-,47-,48-/m0/s1. The molecule has 0 amide bonds. The van der Waals surface area contributed by atoms with E-state index in [1.165, 1.54) is 0 Å². The maximum atomic E-state index is 12.1. The summed E-state index contributed by atoms with van der Waals surface area (Å²) in [6.45, 7) is 5.96. The first-order valence-electron chi connectivity index (χ1n) is 22.7. The highest BCUT2D eigenvalue weighted by molar-refractivity contribution is 5.72. The highest BCUT2D eigenvalue weighted by Gasteiger charge is 2.32. The smallest absolute Gasteiger partial charge is 0.307 e. The lowest BCUT2D eigenvalue weighted by molar-refractivity contribution is -0.144. The fourth-order valence-electron chi connectivity index (χ4n) is 9.58. The molecule has 12 nitrogen and oxygen atoms in total. The molecule has 7 rings (SSSR count). The molecule has 6 N–H and O–H groups in total. The molecule has 0 spiro atoms. The third-order valence-electron chi connectivity index (χ3n) is 13.1. The lowest BCUT2D eigenvalue weighted by Crippen LogP contribution is -2.27. The molecule has 12 heteroatoms.